The smallest absolute Gasteiger partial charge is 0.437 e. The molecule has 15 heavy (non-hydrogen) atoms. The molecule has 0 heterocycles. The van der Waals surface area contributed by atoms with Gasteiger partial charge in [0.05, 0.1) is 7.11 Å². The van der Waals surface area contributed by atoms with Gasteiger partial charge in [-0.25, -0.2) is 9.59 Å². The molecule has 0 bridgehead atoms. The van der Waals surface area contributed by atoms with Crippen LogP contribution in [-0.2, 0) is 14.3 Å². The lowest BCUT2D eigenvalue weighted by atomic mass is 10.2. The highest BCUT2D eigenvalue weighted by Crippen LogP contribution is 2.01. The molecule has 0 amide bonds. The molecule has 0 N–H and O–H groups in total. The first kappa shape index (κ1) is 11.0. The van der Waals surface area contributed by atoms with Gasteiger partial charge in [0, 0.05) is 6.08 Å². The summed E-state index contributed by atoms with van der Waals surface area (Å²) in [4.78, 5) is 21.5. The molecule has 0 aliphatic rings. The van der Waals surface area contributed by atoms with Crippen LogP contribution in [0.5, 0.6) is 0 Å². The highest BCUT2D eigenvalue weighted by atomic mass is 16.7. The third-order valence-electron chi connectivity index (χ3n) is 1.56. The SMILES string of the molecule is COC(=O)OC(=O)/C=C/c1ccccc1. The third kappa shape index (κ3) is 4.08. The molecule has 0 aromatic heterocycles. The minimum absolute atomic E-state index is 0.759. The molecule has 1 rings (SSSR count). The molecule has 0 spiro atoms. The average Bonchev–Trinajstić information content (AvgIpc) is 2.27. The Balaban J connectivity index is 2.52. The molecule has 4 nitrogen and oxygen atoms in total. The van der Waals surface area contributed by atoms with Crippen molar-refractivity contribution in [3.05, 3.63) is 42.0 Å². The van der Waals surface area contributed by atoms with E-state index < -0.39 is 12.1 Å². The molecule has 0 saturated carbocycles. The van der Waals surface area contributed by atoms with Crippen molar-refractivity contribution in [3.8, 4) is 0 Å². The lowest BCUT2D eigenvalue weighted by Gasteiger charge is -1.96. The van der Waals surface area contributed by atoms with Gasteiger partial charge in [-0.15, -0.1) is 0 Å². The van der Waals surface area contributed by atoms with Crippen LogP contribution >= 0.6 is 0 Å². The number of hydrogen-bond acceptors (Lipinski definition) is 4. The van der Waals surface area contributed by atoms with Gasteiger partial charge in [0.1, 0.15) is 0 Å². The Kier molecular flexibility index (Phi) is 4.09. The fourth-order valence-corrected chi connectivity index (χ4v) is 0.886. The van der Waals surface area contributed by atoms with Crippen molar-refractivity contribution in [1.82, 2.24) is 0 Å². The van der Waals surface area contributed by atoms with Crippen LogP contribution in [0.1, 0.15) is 5.56 Å². The number of methoxy groups -OCH3 is 1. The lowest BCUT2D eigenvalue weighted by molar-refractivity contribution is -0.133. The van der Waals surface area contributed by atoms with Gasteiger partial charge < -0.3 is 9.47 Å². The minimum atomic E-state index is -1.02. The quantitative estimate of drug-likeness (QED) is 0.422. The lowest BCUT2D eigenvalue weighted by Crippen LogP contribution is -2.09. The standard InChI is InChI=1S/C11H10O4/c1-14-11(13)15-10(12)8-7-9-5-3-2-4-6-9/h2-8H,1H3/b8-7+. The number of carbonyl (C=O) groups is 2. The van der Waals surface area contributed by atoms with Crippen LogP contribution in [0.3, 0.4) is 0 Å². The van der Waals surface area contributed by atoms with Crippen molar-refractivity contribution in [1.29, 1.82) is 0 Å². The van der Waals surface area contributed by atoms with E-state index in [1.165, 1.54) is 0 Å². The molecule has 1 aromatic carbocycles. The highest BCUT2D eigenvalue weighted by molar-refractivity contribution is 5.93. The van der Waals surface area contributed by atoms with Crippen LogP contribution in [0.2, 0.25) is 0 Å². The maximum Gasteiger partial charge on any atom is 0.516 e. The summed E-state index contributed by atoms with van der Waals surface area (Å²) in [5.41, 5.74) is 0.847. The molecule has 1 aromatic rings. The monoisotopic (exact) mass is 206 g/mol. The number of carbonyl (C=O) groups excluding carboxylic acids is 2. The van der Waals surface area contributed by atoms with Crippen molar-refractivity contribution in [2.75, 3.05) is 7.11 Å². The number of ether oxygens (including phenoxy) is 2. The Bertz CT molecular complexity index is 367. The molecule has 78 valence electrons. The Labute approximate surface area is 87.1 Å². The number of benzene rings is 1. The molecule has 0 aliphatic heterocycles. The van der Waals surface area contributed by atoms with E-state index in [-0.39, 0.29) is 0 Å². The normalized spacial score (nSPS) is 9.93. The van der Waals surface area contributed by atoms with E-state index in [0.717, 1.165) is 18.7 Å². The molecule has 4 heteroatoms. The third-order valence-corrected chi connectivity index (χ3v) is 1.56. The van der Waals surface area contributed by atoms with Gasteiger partial charge in [-0.2, -0.15) is 0 Å². The van der Waals surface area contributed by atoms with Gasteiger partial charge in [0.25, 0.3) is 0 Å². The van der Waals surface area contributed by atoms with Gasteiger partial charge in [0.15, 0.2) is 0 Å². The first-order valence-electron chi connectivity index (χ1n) is 4.25. The summed E-state index contributed by atoms with van der Waals surface area (Å²) in [6, 6.07) is 9.19. The predicted molar refractivity (Wildman–Crippen MR) is 54.0 cm³/mol. The Morgan fingerprint density at radius 3 is 2.47 bits per heavy atom. The maximum absolute atomic E-state index is 11.0. The van der Waals surface area contributed by atoms with Gasteiger partial charge >= 0.3 is 12.1 Å². The topological polar surface area (TPSA) is 52.6 Å². The van der Waals surface area contributed by atoms with Crippen molar-refractivity contribution >= 4 is 18.2 Å². The molecule has 0 aliphatic carbocycles. The van der Waals surface area contributed by atoms with E-state index in [1.807, 2.05) is 30.3 Å². The van der Waals surface area contributed by atoms with Crippen molar-refractivity contribution in [3.63, 3.8) is 0 Å². The second-order valence-electron chi connectivity index (χ2n) is 2.62. The van der Waals surface area contributed by atoms with Gasteiger partial charge in [-0.1, -0.05) is 30.3 Å². The fourth-order valence-electron chi connectivity index (χ4n) is 0.886. The molecular formula is C11H10O4. The molecule has 0 saturated heterocycles. The van der Waals surface area contributed by atoms with Crippen LogP contribution in [0, 0.1) is 0 Å². The number of hydrogen-bond donors (Lipinski definition) is 0. The molecule has 0 fully saturated rings. The summed E-state index contributed by atoms with van der Waals surface area (Å²) in [6.07, 6.45) is 1.69. The fraction of sp³-hybridized carbons (Fsp3) is 0.0909. The zero-order valence-electron chi connectivity index (χ0n) is 8.17. The Hall–Kier alpha value is -2.10. The van der Waals surface area contributed by atoms with Crippen molar-refractivity contribution in [2.24, 2.45) is 0 Å². The summed E-state index contributed by atoms with van der Waals surface area (Å²) in [7, 11) is 1.14. The van der Waals surface area contributed by atoms with Gasteiger partial charge in [0.2, 0.25) is 0 Å². The van der Waals surface area contributed by atoms with E-state index in [0.29, 0.717) is 0 Å². The van der Waals surface area contributed by atoms with Crippen molar-refractivity contribution in [2.45, 2.75) is 0 Å². The van der Waals surface area contributed by atoms with Crippen LogP contribution in [0.25, 0.3) is 6.08 Å². The summed E-state index contributed by atoms with van der Waals surface area (Å²) >= 11 is 0. The largest absolute Gasteiger partial charge is 0.516 e. The average molecular weight is 206 g/mol. The summed E-state index contributed by atoms with van der Waals surface area (Å²) in [6.45, 7) is 0. The van der Waals surface area contributed by atoms with Crippen LogP contribution < -0.4 is 0 Å². The van der Waals surface area contributed by atoms with E-state index in [2.05, 4.69) is 9.47 Å². The van der Waals surface area contributed by atoms with E-state index in [4.69, 9.17) is 0 Å². The Morgan fingerprint density at radius 1 is 1.20 bits per heavy atom. The summed E-state index contributed by atoms with van der Waals surface area (Å²) in [5.74, 6) is -0.759. The van der Waals surface area contributed by atoms with Crippen LogP contribution in [0.4, 0.5) is 4.79 Å². The molecule has 0 unspecified atom stereocenters. The number of rotatable bonds is 2. The molecular weight excluding hydrogens is 196 g/mol. The maximum atomic E-state index is 11.0. The first-order chi connectivity index (χ1) is 7.22. The highest BCUT2D eigenvalue weighted by Gasteiger charge is 2.05. The van der Waals surface area contributed by atoms with Gasteiger partial charge in [-0.3, -0.25) is 0 Å². The predicted octanol–water partition coefficient (Wildman–Crippen LogP) is 2.01. The van der Waals surface area contributed by atoms with E-state index >= 15 is 0 Å². The Morgan fingerprint density at radius 2 is 1.87 bits per heavy atom. The van der Waals surface area contributed by atoms with Crippen LogP contribution in [0.15, 0.2) is 36.4 Å². The first-order valence-corrected chi connectivity index (χ1v) is 4.25. The molecule has 0 radical (unpaired) electrons. The minimum Gasteiger partial charge on any atom is -0.437 e. The summed E-state index contributed by atoms with van der Waals surface area (Å²) in [5, 5.41) is 0. The van der Waals surface area contributed by atoms with Crippen LogP contribution in [-0.4, -0.2) is 19.2 Å². The second-order valence-corrected chi connectivity index (χ2v) is 2.62. The molecule has 0 atom stereocenters. The van der Waals surface area contributed by atoms with E-state index in [9.17, 15) is 9.59 Å². The number of esters is 1. The van der Waals surface area contributed by atoms with E-state index in [1.54, 1.807) is 6.08 Å². The van der Waals surface area contributed by atoms with Gasteiger partial charge in [-0.05, 0) is 11.6 Å². The second kappa shape index (κ2) is 5.59. The zero-order valence-corrected chi connectivity index (χ0v) is 8.17. The van der Waals surface area contributed by atoms with Crippen molar-refractivity contribution < 1.29 is 19.1 Å². The summed E-state index contributed by atoms with van der Waals surface area (Å²) < 4.78 is 8.39. The zero-order chi connectivity index (χ0) is 11.1.